The molecule has 0 radical (unpaired) electrons. The van der Waals surface area contributed by atoms with E-state index < -0.39 is 13.9 Å². The van der Waals surface area contributed by atoms with Crippen molar-refractivity contribution in [3.8, 4) is 0 Å². The van der Waals surface area contributed by atoms with Crippen LogP contribution in [0.4, 0.5) is 4.79 Å². The molecule has 22 heavy (non-hydrogen) atoms. The maximum Gasteiger partial charge on any atom is 0.407 e. The first-order valence-corrected chi connectivity index (χ1v) is 11.2. The van der Waals surface area contributed by atoms with Crippen molar-refractivity contribution in [1.82, 2.24) is 10.6 Å². The van der Waals surface area contributed by atoms with Crippen molar-refractivity contribution in [3.05, 3.63) is 0 Å². The Morgan fingerprint density at radius 3 is 2.41 bits per heavy atom. The second kappa shape index (κ2) is 6.89. The van der Waals surface area contributed by atoms with E-state index in [-0.39, 0.29) is 17.2 Å². The molecule has 1 amide bonds. The lowest BCUT2D eigenvalue weighted by molar-refractivity contribution is 0.0469. The molecule has 1 heterocycles. The van der Waals surface area contributed by atoms with Gasteiger partial charge in [-0.3, -0.25) is 0 Å². The van der Waals surface area contributed by atoms with Crippen LogP contribution in [0.1, 0.15) is 47.5 Å². The Kier molecular flexibility index (Phi) is 6.09. The summed E-state index contributed by atoms with van der Waals surface area (Å²) in [4.78, 5) is 22.5. The third kappa shape index (κ3) is 5.89. The van der Waals surface area contributed by atoms with Gasteiger partial charge < -0.3 is 20.2 Å². The fraction of sp³-hybridized carbons (Fsp3) is 0.938. The zero-order valence-corrected chi connectivity index (χ0v) is 16.2. The van der Waals surface area contributed by atoms with E-state index in [1.807, 2.05) is 33.9 Å². The van der Waals surface area contributed by atoms with E-state index in [9.17, 15) is 9.59 Å². The first-order valence-electron chi connectivity index (χ1n) is 8.24. The van der Waals surface area contributed by atoms with Crippen molar-refractivity contribution >= 4 is 14.4 Å². The van der Waals surface area contributed by atoms with Crippen molar-refractivity contribution in [3.63, 3.8) is 0 Å². The minimum absolute atomic E-state index is 0.0548. The summed E-state index contributed by atoms with van der Waals surface area (Å²) in [5.41, 5.74) is -0.485. The molecule has 0 saturated carbocycles. The molecular weight excluding hydrogens is 296 g/mol. The van der Waals surface area contributed by atoms with Gasteiger partial charge in [0.15, 0.2) is 8.32 Å². The number of ether oxygens (including phenoxy) is 1. The summed E-state index contributed by atoms with van der Waals surface area (Å²) in [6, 6.07) is 0.0548. The minimum Gasteiger partial charge on any atom is -0.444 e. The van der Waals surface area contributed by atoms with E-state index in [2.05, 4.69) is 24.5 Å². The van der Waals surface area contributed by atoms with Crippen LogP contribution in [0, 0.1) is 5.92 Å². The van der Waals surface area contributed by atoms with E-state index in [1.165, 1.54) is 0 Å². The topological polar surface area (TPSA) is 70.6 Å². The van der Waals surface area contributed by atoms with Gasteiger partial charge in [-0.1, -0.05) is 13.8 Å². The Bertz CT molecular complexity index is 386. The van der Waals surface area contributed by atoms with E-state index in [0.29, 0.717) is 5.92 Å². The number of nitrogens with one attached hydrogen (secondary N) is 2. The Morgan fingerprint density at radius 2 is 1.91 bits per heavy atom. The SMILES string of the molecule is CC(C)(C)OC(=O)N[C@@H]1CNCC[C@H]1CC(C)(C)[Si](C)(C)O. The lowest BCUT2D eigenvalue weighted by atomic mass is 9.85. The molecule has 0 aromatic heterocycles. The number of carbonyl (C=O) groups is 1. The Morgan fingerprint density at radius 1 is 1.32 bits per heavy atom. The minimum atomic E-state index is -2.24. The summed E-state index contributed by atoms with van der Waals surface area (Å²) in [5, 5.41) is 6.27. The van der Waals surface area contributed by atoms with Crippen LogP contribution in [0.2, 0.25) is 18.1 Å². The van der Waals surface area contributed by atoms with Crippen molar-refractivity contribution in [2.24, 2.45) is 5.92 Å². The third-order valence-electron chi connectivity index (χ3n) is 4.76. The summed E-state index contributed by atoms with van der Waals surface area (Å²) in [6.45, 7) is 15.6. The number of piperidine rings is 1. The van der Waals surface area contributed by atoms with Crippen LogP contribution in [0.15, 0.2) is 0 Å². The van der Waals surface area contributed by atoms with Gasteiger partial charge in [-0.15, -0.1) is 0 Å². The van der Waals surface area contributed by atoms with Gasteiger partial charge in [0.05, 0.1) is 0 Å². The van der Waals surface area contributed by atoms with E-state index in [1.54, 1.807) is 0 Å². The zero-order chi connectivity index (χ0) is 17.2. The predicted molar refractivity (Wildman–Crippen MR) is 92.5 cm³/mol. The second-order valence-electron chi connectivity index (χ2n) is 8.65. The molecule has 0 bridgehead atoms. The number of hydrogen-bond acceptors (Lipinski definition) is 4. The molecule has 1 saturated heterocycles. The predicted octanol–water partition coefficient (Wildman–Crippen LogP) is 2.86. The quantitative estimate of drug-likeness (QED) is 0.693. The van der Waals surface area contributed by atoms with Gasteiger partial charge in [0.1, 0.15) is 5.60 Å². The summed E-state index contributed by atoms with van der Waals surface area (Å²) in [5.74, 6) is 0.364. The fourth-order valence-electron chi connectivity index (χ4n) is 2.69. The second-order valence-corrected chi connectivity index (χ2v) is 13.1. The lowest BCUT2D eigenvalue weighted by Crippen LogP contribution is -2.53. The average Bonchev–Trinajstić information content (AvgIpc) is 2.27. The summed E-state index contributed by atoms with van der Waals surface area (Å²) in [6.07, 6.45) is 1.57. The number of alkyl carbamates (subject to hydrolysis) is 1. The van der Waals surface area contributed by atoms with Crippen LogP contribution in [-0.2, 0) is 4.74 Å². The molecule has 1 rings (SSSR count). The first kappa shape index (κ1) is 19.5. The molecule has 3 N–H and O–H groups in total. The molecule has 0 aromatic carbocycles. The first-order chi connectivity index (χ1) is 9.82. The van der Waals surface area contributed by atoms with E-state index >= 15 is 0 Å². The largest absolute Gasteiger partial charge is 0.444 e. The molecule has 0 aliphatic carbocycles. The highest BCUT2D eigenvalue weighted by molar-refractivity contribution is 6.72. The van der Waals surface area contributed by atoms with Crippen molar-refractivity contribution < 1.29 is 14.3 Å². The average molecular weight is 331 g/mol. The van der Waals surface area contributed by atoms with Crippen LogP contribution in [0.25, 0.3) is 0 Å². The van der Waals surface area contributed by atoms with Gasteiger partial charge in [0, 0.05) is 12.6 Å². The van der Waals surface area contributed by atoms with Gasteiger partial charge in [-0.2, -0.15) is 0 Å². The van der Waals surface area contributed by atoms with E-state index in [0.717, 1.165) is 25.9 Å². The molecule has 0 unspecified atom stereocenters. The van der Waals surface area contributed by atoms with Gasteiger partial charge in [0.2, 0.25) is 0 Å². The lowest BCUT2D eigenvalue weighted by Gasteiger charge is -2.42. The van der Waals surface area contributed by atoms with Crippen LogP contribution < -0.4 is 10.6 Å². The van der Waals surface area contributed by atoms with Gasteiger partial charge in [-0.05, 0) is 64.2 Å². The molecule has 6 heteroatoms. The molecule has 0 aromatic rings. The Balaban J connectivity index is 2.70. The smallest absolute Gasteiger partial charge is 0.407 e. The zero-order valence-electron chi connectivity index (χ0n) is 15.2. The normalized spacial score (nSPS) is 24.0. The monoisotopic (exact) mass is 330 g/mol. The summed E-state index contributed by atoms with van der Waals surface area (Å²) in [7, 11) is -2.24. The number of carbonyl (C=O) groups excluding carboxylic acids is 1. The van der Waals surface area contributed by atoms with Crippen LogP contribution in [0.3, 0.4) is 0 Å². The van der Waals surface area contributed by atoms with Gasteiger partial charge in [0.25, 0.3) is 0 Å². The third-order valence-corrected chi connectivity index (χ3v) is 8.27. The fourth-order valence-corrected chi connectivity index (χ4v) is 3.45. The van der Waals surface area contributed by atoms with Crippen LogP contribution in [-0.4, -0.2) is 43.9 Å². The highest BCUT2D eigenvalue weighted by Gasteiger charge is 2.42. The molecule has 2 atom stereocenters. The maximum atomic E-state index is 12.0. The molecule has 1 aliphatic heterocycles. The molecule has 130 valence electrons. The van der Waals surface area contributed by atoms with Crippen LogP contribution >= 0.6 is 0 Å². The molecule has 1 fully saturated rings. The van der Waals surface area contributed by atoms with E-state index in [4.69, 9.17) is 4.74 Å². The molecule has 0 spiro atoms. The molecule has 5 nitrogen and oxygen atoms in total. The van der Waals surface area contributed by atoms with Crippen molar-refractivity contribution in [2.75, 3.05) is 13.1 Å². The Hall–Kier alpha value is -0.593. The summed E-state index contributed by atoms with van der Waals surface area (Å²) >= 11 is 0. The highest BCUT2D eigenvalue weighted by Crippen LogP contribution is 2.43. The van der Waals surface area contributed by atoms with Crippen molar-refractivity contribution in [1.29, 1.82) is 0 Å². The van der Waals surface area contributed by atoms with Gasteiger partial charge in [-0.25, -0.2) is 4.79 Å². The highest BCUT2D eigenvalue weighted by atomic mass is 28.4. The van der Waals surface area contributed by atoms with Crippen molar-refractivity contribution in [2.45, 2.75) is 77.2 Å². The Labute approximate surface area is 136 Å². The molecule has 1 aliphatic rings. The van der Waals surface area contributed by atoms with Gasteiger partial charge >= 0.3 is 6.09 Å². The standard InChI is InChI=1S/C16H34N2O3Si/c1-15(2,3)21-14(19)18-13-11-17-9-8-12(13)10-16(4,5)22(6,7)20/h12-13,17,20H,8-11H2,1-7H3,(H,18,19)/t12-,13+/m0/s1. The maximum absolute atomic E-state index is 12.0. The number of amides is 1. The van der Waals surface area contributed by atoms with Crippen LogP contribution in [0.5, 0.6) is 0 Å². The summed E-state index contributed by atoms with van der Waals surface area (Å²) < 4.78 is 5.37. The number of rotatable bonds is 4. The number of hydrogen-bond donors (Lipinski definition) is 3. The molecular formula is C16H34N2O3Si.